The summed E-state index contributed by atoms with van der Waals surface area (Å²) < 4.78 is 0. The van der Waals surface area contributed by atoms with Crippen molar-refractivity contribution in [2.24, 2.45) is 0 Å². The van der Waals surface area contributed by atoms with E-state index in [0.29, 0.717) is 0 Å². The summed E-state index contributed by atoms with van der Waals surface area (Å²) in [5.74, 6) is 0. The molecule has 0 amide bonds. The summed E-state index contributed by atoms with van der Waals surface area (Å²) in [6, 6.07) is 0. The Morgan fingerprint density at radius 2 is 2.00 bits per heavy atom. The smallest absolute Gasteiger partial charge is 0.0499 e. The van der Waals surface area contributed by atoms with Crippen LogP contribution in [0.15, 0.2) is 24.9 Å². The highest BCUT2D eigenvalue weighted by molar-refractivity contribution is 6.53. The van der Waals surface area contributed by atoms with Gasteiger partial charge in [-0.2, -0.15) is 0 Å². The van der Waals surface area contributed by atoms with Gasteiger partial charge in [-0.1, -0.05) is 24.0 Å². The van der Waals surface area contributed by atoms with Crippen LogP contribution in [0.3, 0.4) is 0 Å². The maximum atomic E-state index is 3.53. The Morgan fingerprint density at radius 3 is 2.17 bits per heavy atom. The van der Waals surface area contributed by atoms with Gasteiger partial charge in [-0.25, -0.2) is 0 Å². The molecule has 0 aromatic heterocycles. The van der Waals surface area contributed by atoms with Crippen LogP contribution >= 0.6 is 0 Å². The van der Waals surface area contributed by atoms with Gasteiger partial charge in [0, 0.05) is 9.13 Å². The minimum absolute atomic E-state index is 0.736. The minimum Gasteiger partial charge on any atom is -0.103 e. The fourth-order valence-electron chi connectivity index (χ4n) is 0.136. The van der Waals surface area contributed by atoms with Crippen LogP contribution in [0.2, 0.25) is 0 Å². The van der Waals surface area contributed by atoms with Crippen LogP contribution in [-0.2, 0) is 0 Å². The van der Waals surface area contributed by atoms with E-state index in [1.807, 2.05) is 11.4 Å². The molecule has 0 bridgehead atoms. The van der Waals surface area contributed by atoms with Crippen molar-refractivity contribution in [2.75, 3.05) is 0 Å². The Labute approximate surface area is 40.6 Å². The summed E-state index contributed by atoms with van der Waals surface area (Å²) in [5.41, 5.74) is 3.84. The second-order valence-corrected chi connectivity index (χ2v) is 1.85. The number of allylic oxidation sites excluding steroid dienone is 1. The minimum atomic E-state index is 0.736. The van der Waals surface area contributed by atoms with Crippen molar-refractivity contribution in [3.05, 3.63) is 24.9 Å². The first kappa shape index (κ1) is 5.57. The van der Waals surface area contributed by atoms with Crippen LogP contribution in [0.1, 0.15) is 0 Å². The molecule has 1 heteroatoms. The van der Waals surface area contributed by atoms with Gasteiger partial charge in [-0.15, -0.1) is 6.58 Å². The molecule has 0 aliphatic heterocycles. The molecule has 1 radical (unpaired) electrons. The SMILES string of the molecule is C=CC=[Si]C=C. The molecule has 0 aromatic carbocycles. The topological polar surface area (TPSA) is 0 Å². The third-order valence-corrected chi connectivity index (χ3v) is 0.996. The Morgan fingerprint density at radius 1 is 1.33 bits per heavy atom. The third kappa shape index (κ3) is 3.57. The summed E-state index contributed by atoms with van der Waals surface area (Å²) in [6.45, 7) is 7.03. The summed E-state index contributed by atoms with van der Waals surface area (Å²) in [5, 5.41) is 0. The van der Waals surface area contributed by atoms with Crippen molar-refractivity contribution in [2.45, 2.75) is 0 Å². The van der Waals surface area contributed by atoms with Gasteiger partial charge in [0.2, 0.25) is 0 Å². The van der Waals surface area contributed by atoms with Crippen molar-refractivity contribution >= 4 is 14.8 Å². The lowest BCUT2D eigenvalue weighted by atomic mass is 10.8. The largest absolute Gasteiger partial charge is 0.103 e. The first-order valence-corrected chi connectivity index (χ1v) is 2.88. The fourth-order valence-corrected chi connectivity index (χ4v) is 0.408. The van der Waals surface area contributed by atoms with Crippen molar-refractivity contribution in [1.29, 1.82) is 0 Å². The zero-order chi connectivity index (χ0) is 4.83. The maximum Gasteiger partial charge on any atom is 0.0499 e. The van der Waals surface area contributed by atoms with Gasteiger partial charge in [0.1, 0.15) is 0 Å². The number of hydrogen-bond acceptors (Lipinski definition) is 0. The molecule has 0 spiro atoms. The molecule has 0 rings (SSSR count). The zero-order valence-electron chi connectivity index (χ0n) is 3.65. The third-order valence-electron chi connectivity index (χ3n) is 0.332. The molecule has 0 fully saturated rings. The van der Waals surface area contributed by atoms with Crippen molar-refractivity contribution < 1.29 is 0 Å². The van der Waals surface area contributed by atoms with E-state index in [0.717, 1.165) is 9.13 Å². The highest BCUT2D eigenvalue weighted by Gasteiger charge is 1.49. The van der Waals surface area contributed by atoms with Crippen LogP contribution in [-0.4, -0.2) is 14.8 Å². The summed E-state index contributed by atoms with van der Waals surface area (Å²) in [6.07, 6.45) is 1.78. The van der Waals surface area contributed by atoms with Gasteiger partial charge in [0.15, 0.2) is 0 Å². The van der Waals surface area contributed by atoms with Crippen molar-refractivity contribution in [3.8, 4) is 0 Å². The molecular weight excluding hydrogens is 88.1 g/mol. The van der Waals surface area contributed by atoms with Crippen LogP contribution in [0.5, 0.6) is 0 Å². The first-order chi connectivity index (χ1) is 2.91. The predicted octanol–water partition coefficient (Wildman–Crippen LogP) is 0.822. The molecule has 0 aliphatic carbocycles. The molecule has 6 heavy (non-hydrogen) atoms. The Balaban J connectivity index is 3.17. The zero-order valence-corrected chi connectivity index (χ0v) is 4.65. The molecule has 0 unspecified atom stereocenters. The standard InChI is InChI=1S/C5H7Si/c1-3-5-6-4-2/h3-5H,1-2H2. The average molecular weight is 95.2 g/mol. The second kappa shape index (κ2) is 4.57. The van der Waals surface area contributed by atoms with E-state index in [1.165, 1.54) is 0 Å². The predicted molar refractivity (Wildman–Crippen MR) is 32.2 cm³/mol. The quantitative estimate of drug-likeness (QED) is 0.445. The molecule has 0 N–H and O–H groups in total. The van der Waals surface area contributed by atoms with E-state index in [1.54, 1.807) is 6.08 Å². The molecular formula is C5H7Si. The number of rotatable bonds is 2. The lowest BCUT2D eigenvalue weighted by Gasteiger charge is -1.58. The monoisotopic (exact) mass is 95.0 g/mol. The van der Waals surface area contributed by atoms with Crippen LogP contribution in [0, 0.1) is 0 Å². The first-order valence-electron chi connectivity index (χ1n) is 1.73. The molecule has 0 aromatic rings. The summed E-state index contributed by atoms with van der Waals surface area (Å²) >= 11 is 0. The van der Waals surface area contributed by atoms with Gasteiger partial charge < -0.3 is 0 Å². The molecule has 0 saturated heterocycles. The van der Waals surface area contributed by atoms with Crippen molar-refractivity contribution in [3.63, 3.8) is 0 Å². The van der Waals surface area contributed by atoms with E-state index in [-0.39, 0.29) is 0 Å². The van der Waals surface area contributed by atoms with Gasteiger partial charge in [0.05, 0.1) is 0 Å². The lowest BCUT2D eigenvalue weighted by molar-refractivity contribution is 2.52. The van der Waals surface area contributed by atoms with E-state index in [2.05, 4.69) is 13.2 Å². The summed E-state index contributed by atoms with van der Waals surface area (Å²) in [7, 11) is 0.736. The van der Waals surface area contributed by atoms with Gasteiger partial charge in [-0.05, 0) is 0 Å². The highest BCUT2D eigenvalue weighted by atomic mass is 28.2. The molecule has 0 atom stereocenters. The molecule has 31 valence electrons. The van der Waals surface area contributed by atoms with Crippen LogP contribution in [0.25, 0.3) is 0 Å². The van der Waals surface area contributed by atoms with Gasteiger partial charge in [-0.3, -0.25) is 0 Å². The number of hydrogen-bond donors (Lipinski definition) is 0. The van der Waals surface area contributed by atoms with Crippen molar-refractivity contribution in [1.82, 2.24) is 0 Å². The molecule has 0 saturated carbocycles. The maximum absolute atomic E-state index is 3.53. The molecule has 0 nitrogen and oxygen atoms in total. The van der Waals surface area contributed by atoms with E-state index < -0.39 is 0 Å². The molecule has 0 heterocycles. The normalized spacial score (nSPS) is 8.67. The van der Waals surface area contributed by atoms with Gasteiger partial charge >= 0.3 is 0 Å². The van der Waals surface area contributed by atoms with E-state index in [4.69, 9.17) is 0 Å². The Bertz CT molecular complexity index is 62.0. The summed E-state index contributed by atoms with van der Waals surface area (Å²) in [4.78, 5) is 0. The molecule has 0 aliphatic rings. The Kier molecular flexibility index (Phi) is 4.24. The van der Waals surface area contributed by atoms with Crippen LogP contribution in [0.4, 0.5) is 0 Å². The van der Waals surface area contributed by atoms with E-state index >= 15 is 0 Å². The second-order valence-electron chi connectivity index (χ2n) is 0.773. The van der Waals surface area contributed by atoms with Crippen LogP contribution < -0.4 is 0 Å². The van der Waals surface area contributed by atoms with Gasteiger partial charge in [0.25, 0.3) is 0 Å². The fraction of sp³-hybridized carbons (Fsp3) is 0. The lowest BCUT2D eigenvalue weighted by Crippen LogP contribution is -1.68. The van der Waals surface area contributed by atoms with E-state index in [9.17, 15) is 0 Å². The highest BCUT2D eigenvalue weighted by Crippen LogP contribution is 1.46. The Hall–Kier alpha value is -0.433. The average Bonchev–Trinajstić information content (AvgIpc) is 1.61.